The molecular formula is C24H31N3O4S. The predicted octanol–water partition coefficient (Wildman–Crippen LogP) is 3.40. The zero-order valence-corrected chi connectivity index (χ0v) is 19.4. The number of amides is 1. The number of rotatable bonds is 7. The van der Waals surface area contributed by atoms with Crippen LogP contribution in [0.3, 0.4) is 0 Å². The molecule has 0 saturated carbocycles. The number of carbonyl (C=O) groups excluding carboxylic acids is 1. The Morgan fingerprint density at radius 3 is 2.25 bits per heavy atom. The highest BCUT2D eigenvalue weighted by Crippen LogP contribution is 2.26. The Balaban J connectivity index is 1.46. The van der Waals surface area contributed by atoms with Crippen molar-refractivity contribution in [2.75, 3.05) is 38.2 Å². The number of likely N-dealkylation sites (tertiary alicyclic amines) is 1. The number of carbonyl (C=O) groups is 1. The van der Waals surface area contributed by atoms with E-state index >= 15 is 0 Å². The van der Waals surface area contributed by atoms with Gasteiger partial charge in [-0.25, -0.2) is 13.1 Å². The second kappa shape index (κ2) is 9.92. The number of hydrogen-bond acceptors (Lipinski definition) is 5. The van der Waals surface area contributed by atoms with Gasteiger partial charge in [-0.2, -0.15) is 0 Å². The van der Waals surface area contributed by atoms with Gasteiger partial charge in [-0.05, 0) is 68.0 Å². The number of anilines is 1. The minimum Gasteiger partial charge on any atom is -0.496 e. The molecule has 2 fully saturated rings. The topological polar surface area (TPSA) is 79.0 Å². The summed E-state index contributed by atoms with van der Waals surface area (Å²) < 4.78 is 33.8. The van der Waals surface area contributed by atoms with Crippen LogP contribution >= 0.6 is 0 Å². The first-order chi connectivity index (χ1) is 15.5. The van der Waals surface area contributed by atoms with Crippen molar-refractivity contribution in [2.45, 2.75) is 43.5 Å². The first-order valence-corrected chi connectivity index (χ1v) is 12.8. The monoisotopic (exact) mass is 457 g/mol. The molecule has 0 bridgehead atoms. The van der Waals surface area contributed by atoms with Crippen LogP contribution < -0.4 is 14.4 Å². The van der Waals surface area contributed by atoms with Gasteiger partial charge in [0.15, 0.2) is 0 Å². The van der Waals surface area contributed by atoms with Gasteiger partial charge in [0.1, 0.15) is 5.75 Å². The summed E-state index contributed by atoms with van der Waals surface area (Å²) in [6.07, 6.45) is 5.64. The van der Waals surface area contributed by atoms with Gasteiger partial charge in [-0.15, -0.1) is 0 Å². The Morgan fingerprint density at radius 2 is 1.59 bits per heavy atom. The number of sulfonamides is 1. The first kappa shape index (κ1) is 22.6. The molecular weight excluding hydrogens is 426 g/mol. The van der Waals surface area contributed by atoms with Gasteiger partial charge in [-0.1, -0.05) is 12.1 Å². The molecule has 1 N–H and O–H groups in total. The summed E-state index contributed by atoms with van der Waals surface area (Å²) in [6.45, 7) is 3.70. The summed E-state index contributed by atoms with van der Waals surface area (Å²) in [5.41, 5.74) is 2.34. The third-order valence-electron chi connectivity index (χ3n) is 6.23. The van der Waals surface area contributed by atoms with Gasteiger partial charge in [-0.3, -0.25) is 4.79 Å². The quantitative estimate of drug-likeness (QED) is 0.689. The number of methoxy groups -OCH3 is 1. The molecule has 2 aliphatic heterocycles. The van der Waals surface area contributed by atoms with E-state index in [1.54, 1.807) is 11.0 Å². The molecule has 0 unspecified atom stereocenters. The van der Waals surface area contributed by atoms with E-state index in [0.29, 0.717) is 18.8 Å². The average molecular weight is 458 g/mol. The minimum absolute atomic E-state index is 0.0609. The molecule has 7 nitrogen and oxygen atoms in total. The molecule has 0 aromatic heterocycles. The number of hydrogen-bond donors (Lipinski definition) is 1. The van der Waals surface area contributed by atoms with Crippen molar-refractivity contribution >= 4 is 21.6 Å². The Bertz CT molecular complexity index is 1040. The van der Waals surface area contributed by atoms with E-state index in [9.17, 15) is 13.2 Å². The second-order valence-corrected chi connectivity index (χ2v) is 10.2. The summed E-state index contributed by atoms with van der Waals surface area (Å²) in [7, 11) is -2.30. The highest BCUT2D eigenvalue weighted by molar-refractivity contribution is 7.89. The zero-order valence-electron chi connectivity index (χ0n) is 18.5. The molecule has 0 aliphatic carbocycles. The predicted molar refractivity (Wildman–Crippen MR) is 125 cm³/mol. The van der Waals surface area contributed by atoms with Crippen LogP contribution in [0.4, 0.5) is 5.69 Å². The molecule has 2 saturated heterocycles. The van der Waals surface area contributed by atoms with E-state index in [0.717, 1.165) is 31.5 Å². The molecule has 32 heavy (non-hydrogen) atoms. The highest BCUT2D eigenvalue weighted by Gasteiger charge is 2.25. The largest absolute Gasteiger partial charge is 0.496 e. The van der Waals surface area contributed by atoms with Crippen molar-refractivity contribution in [3.63, 3.8) is 0 Å². The summed E-state index contributed by atoms with van der Waals surface area (Å²) in [4.78, 5) is 17.0. The summed E-state index contributed by atoms with van der Waals surface area (Å²) in [5, 5.41) is 0. The van der Waals surface area contributed by atoms with Gasteiger partial charge < -0.3 is 14.5 Å². The molecule has 0 spiro atoms. The fourth-order valence-corrected chi connectivity index (χ4v) is 5.39. The van der Waals surface area contributed by atoms with Crippen molar-refractivity contribution < 1.29 is 17.9 Å². The zero-order chi connectivity index (χ0) is 22.6. The van der Waals surface area contributed by atoms with Gasteiger partial charge in [0.25, 0.3) is 5.91 Å². The van der Waals surface area contributed by atoms with Crippen molar-refractivity contribution in [3.8, 4) is 5.75 Å². The van der Waals surface area contributed by atoms with Crippen LogP contribution in [0, 0.1) is 0 Å². The van der Waals surface area contributed by atoms with E-state index in [4.69, 9.17) is 4.74 Å². The fourth-order valence-electron chi connectivity index (χ4n) is 4.35. The van der Waals surface area contributed by atoms with Gasteiger partial charge in [0.2, 0.25) is 10.0 Å². The van der Waals surface area contributed by atoms with E-state index in [1.165, 1.54) is 44.2 Å². The summed E-state index contributed by atoms with van der Waals surface area (Å²) >= 11 is 0. The normalized spacial score (nSPS) is 16.9. The molecule has 172 valence electrons. The number of benzene rings is 2. The second-order valence-electron chi connectivity index (χ2n) is 8.40. The molecule has 2 heterocycles. The van der Waals surface area contributed by atoms with Crippen molar-refractivity contribution in [1.82, 2.24) is 9.62 Å². The molecule has 0 radical (unpaired) electrons. The maximum atomic E-state index is 12.9. The first-order valence-electron chi connectivity index (χ1n) is 11.3. The lowest BCUT2D eigenvalue weighted by Crippen LogP contribution is -2.29. The Kier molecular flexibility index (Phi) is 7.01. The van der Waals surface area contributed by atoms with Crippen molar-refractivity contribution in [3.05, 3.63) is 53.6 Å². The standard InChI is InChI=1S/C24H31N3O4S/c1-31-23-12-11-21(17-22(23)24(28)27-15-5-6-16-27)32(29,30)25-18-19-7-9-20(10-8-19)26-13-3-2-4-14-26/h7-12,17,25H,2-6,13-16,18H2,1H3. The van der Waals surface area contributed by atoms with Crippen LogP contribution in [-0.2, 0) is 16.6 Å². The molecule has 8 heteroatoms. The molecule has 2 aromatic carbocycles. The van der Waals surface area contributed by atoms with Crippen molar-refractivity contribution in [1.29, 1.82) is 0 Å². The van der Waals surface area contributed by atoms with Crippen LogP contribution in [0.5, 0.6) is 5.75 Å². The van der Waals surface area contributed by atoms with E-state index in [2.05, 4.69) is 21.8 Å². The van der Waals surface area contributed by atoms with E-state index in [1.807, 2.05) is 12.1 Å². The summed E-state index contributed by atoms with van der Waals surface area (Å²) in [6, 6.07) is 12.5. The fraction of sp³-hybridized carbons (Fsp3) is 0.458. The van der Waals surface area contributed by atoms with Crippen LogP contribution in [0.2, 0.25) is 0 Å². The molecule has 1 amide bonds. The average Bonchev–Trinajstić information content (AvgIpc) is 3.38. The lowest BCUT2D eigenvalue weighted by atomic mass is 10.1. The molecule has 2 aromatic rings. The lowest BCUT2D eigenvalue weighted by Gasteiger charge is -2.28. The van der Waals surface area contributed by atoms with Crippen LogP contribution in [0.25, 0.3) is 0 Å². The molecule has 0 atom stereocenters. The van der Waals surface area contributed by atoms with Crippen LogP contribution in [0.1, 0.15) is 48.0 Å². The van der Waals surface area contributed by atoms with Gasteiger partial charge in [0, 0.05) is 38.4 Å². The minimum atomic E-state index is -3.78. The van der Waals surface area contributed by atoms with Crippen LogP contribution in [0.15, 0.2) is 47.4 Å². The van der Waals surface area contributed by atoms with Crippen LogP contribution in [-0.4, -0.2) is 52.5 Å². The molecule has 2 aliphatic rings. The maximum absolute atomic E-state index is 12.9. The Labute approximate surface area is 190 Å². The third-order valence-corrected chi connectivity index (χ3v) is 7.63. The van der Waals surface area contributed by atoms with Gasteiger partial charge >= 0.3 is 0 Å². The number of nitrogens with one attached hydrogen (secondary N) is 1. The third kappa shape index (κ3) is 5.07. The highest BCUT2D eigenvalue weighted by atomic mass is 32.2. The van der Waals surface area contributed by atoms with E-state index in [-0.39, 0.29) is 22.9 Å². The Hall–Kier alpha value is -2.58. The Morgan fingerprint density at radius 1 is 0.938 bits per heavy atom. The smallest absolute Gasteiger partial charge is 0.257 e. The number of piperidine rings is 1. The molecule has 4 rings (SSSR count). The number of nitrogens with zero attached hydrogens (tertiary/aromatic N) is 2. The summed E-state index contributed by atoms with van der Waals surface area (Å²) in [5.74, 6) is 0.193. The maximum Gasteiger partial charge on any atom is 0.257 e. The van der Waals surface area contributed by atoms with Crippen molar-refractivity contribution in [2.24, 2.45) is 0 Å². The number of ether oxygens (including phenoxy) is 1. The van der Waals surface area contributed by atoms with E-state index < -0.39 is 10.0 Å². The SMILES string of the molecule is COc1ccc(S(=O)(=O)NCc2ccc(N3CCCCC3)cc2)cc1C(=O)N1CCCC1. The van der Waals surface area contributed by atoms with Gasteiger partial charge in [0.05, 0.1) is 17.6 Å². The lowest BCUT2D eigenvalue weighted by molar-refractivity contribution is 0.0789.